The molecule has 1 saturated heterocycles. The van der Waals surface area contributed by atoms with Crippen molar-refractivity contribution in [3.05, 3.63) is 35.2 Å². The maximum atomic E-state index is 6.07. The Kier molecular flexibility index (Phi) is 3.84. The van der Waals surface area contributed by atoms with Gasteiger partial charge in [0.15, 0.2) is 0 Å². The van der Waals surface area contributed by atoms with E-state index >= 15 is 0 Å². The van der Waals surface area contributed by atoms with E-state index in [0.29, 0.717) is 12.6 Å². The minimum atomic E-state index is 0.366. The molecule has 0 bridgehead atoms. The maximum absolute atomic E-state index is 6.07. The molecule has 0 aliphatic carbocycles. The number of nitrogens with zero attached hydrogens (tertiary/aromatic N) is 2. The molecule has 3 rings (SSSR count). The molecule has 3 nitrogen and oxygen atoms in total. The van der Waals surface area contributed by atoms with E-state index < -0.39 is 0 Å². The molecule has 102 valence electrons. The van der Waals surface area contributed by atoms with Gasteiger partial charge in [0, 0.05) is 43.5 Å². The summed E-state index contributed by atoms with van der Waals surface area (Å²) in [6.07, 6.45) is 0. The van der Waals surface area contributed by atoms with E-state index in [1.807, 2.05) is 11.3 Å². The van der Waals surface area contributed by atoms with Gasteiger partial charge in [0.1, 0.15) is 0 Å². The molecule has 19 heavy (non-hydrogen) atoms. The number of benzene rings is 1. The lowest BCUT2D eigenvalue weighted by atomic mass is 10.0. The van der Waals surface area contributed by atoms with E-state index in [9.17, 15) is 0 Å². The van der Waals surface area contributed by atoms with Gasteiger partial charge in [-0.1, -0.05) is 18.2 Å². The van der Waals surface area contributed by atoms with Gasteiger partial charge in [-0.25, -0.2) is 0 Å². The van der Waals surface area contributed by atoms with Crippen molar-refractivity contribution in [3.63, 3.8) is 0 Å². The third-order valence-electron chi connectivity index (χ3n) is 4.07. The molecule has 1 aliphatic rings. The quantitative estimate of drug-likeness (QED) is 0.931. The van der Waals surface area contributed by atoms with Gasteiger partial charge in [0.25, 0.3) is 0 Å². The molecule has 0 saturated carbocycles. The SMILES string of the molecule is CN1CCN(C(CN)c2csc3ccccc23)CC1. The van der Waals surface area contributed by atoms with Crippen LogP contribution < -0.4 is 5.73 Å². The van der Waals surface area contributed by atoms with Gasteiger partial charge >= 0.3 is 0 Å². The molecule has 2 aromatic rings. The first-order valence-corrected chi connectivity index (χ1v) is 7.76. The highest BCUT2D eigenvalue weighted by molar-refractivity contribution is 7.17. The summed E-state index contributed by atoms with van der Waals surface area (Å²) in [5.74, 6) is 0. The standard InChI is InChI=1S/C15H21N3S/c1-17-6-8-18(9-7-17)14(10-16)13-11-19-15-5-3-2-4-12(13)15/h2-5,11,14H,6-10,16H2,1H3. The summed E-state index contributed by atoms with van der Waals surface area (Å²) in [5, 5.41) is 3.67. The molecular weight excluding hydrogens is 254 g/mol. The fraction of sp³-hybridized carbons (Fsp3) is 0.467. The molecule has 0 amide bonds. The Morgan fingerprint density at radius 3 is 2.68 bits per heavy atom. The normalized spacial score (nSPS) is 19.9. The maximum Gasteiger partial charge on any atom is 0.0485 e. The summed E-state index contributed by atoms with van der Waals surface area (Å²) in [7, 11) is 2.19. The summed E-state index contributed by atoms with van der Waals surface area (Å²) in [5.41, 5.74) is 7.48. The first-order valence-electron chi connectivity index (χ1n) is 6.88. The fourth-order valence-corrected chi connectivity index (χ4v) is 3.87. The van der Waals surface area contributed by atoms with E-state index in [4.69, 9.17) is 5.73 Å². The molecule has 2 N–H and O–H groups in total. The summed E-state index contributed by atoms with van der Waals surface area (Å²) in [6.45, 7) is 5.20. The molecule has 1 unspecified atom stereocenters. The van der Waals surface area contributed by atoms with Crippen LogP contribution in [-0.2, 0) is 0 Å². The number of hydrogen-bond acceptors (Lipinski definition) is 4. The number of likely N-dealkylation sites (N-methyl/N-ethyl adjacent to an activating group) is 1. The zero-order chi connectivity index (χ0) is 13.2. The van der Waals surface area contributed by atoms with E-state index in [-0.39, 0.29) is 0 Å². The van der Waals surface area contributed by atoms with Crippen LogP contribution in [0.25, 0.3) is 10.1 Å². The summed E-state index contributed by atoms with van der Waals surface area (Å²) in [4.78, 5) is 4.92. The van der Waals surface area contributed by atoms with Gasteiger partial charge in [-0.05, 0) is 29.4 Å². The van der Waals surface area contributed by atoms with E-state index in [0.717, 1.165) is 26.2 Å². The van der Waals surface area contributed by atoms with Gasteiger partial charge < -0.3 is 10.6 Å². The van der Waals surface area contributed by atoms with Crippen LogP contribution >= 0.6 is 11.3 Å². The number of nitrogens with two attached hydrogens (primary N) is 1. The first-order chi connectivity index (χ1) is 9.29. The van der Waals surface area contributed by atoms with Crippen molar-refractivity contribution in [2.75, 3.05) is 39.8 Å². The van der Waals surface area contributed by atoms with Crippen LogP contribution in [0.1, 0.15) is 11.6 Å². The van der Waals surface area contributed by atoms with Crippen molar-refractivity contribution in [3.8, 4) is 0 Å². The number of piperazine rings is 1. The minimum absolute atomic E-state index is 0.366. The lowest BCUT2D eigenvalue weighted by Gasteiger charge is -2.37. The molecule has 1 aromatic heterocycles. The van der Waals surface area contributed by atoms with Crippen molar-refractivity contribution >= 4 is 21.4 Å². The van der Waals surface area contributed by atoms with Gasteiger partial charge in [0.2, 0.25) is 0 Å². The van der Waals surface area contributed by atoms with Crippen LogP contribution in [0.3, 0.4) is 0 Å². The van der Waals surface area contributed by atoms with Crippen molar-refractivity contribution in [1.82, 2.24) is 9.80 Å². The minimum Gasteiger partial charge on any atom is -0.329 e. The van der Waals surface area contributed by atoms with Crippen molar-refractivity contribution in [2.45, 2.75) is 6.04 Å². The lowest BCUT2D eigenvalue weighted by Crippen LogP contribution is -2.47. The Morgan fingerprint density at radius 2 is 1.95 bits per heavy atom. The number of fused-ring (bicyclic) bond motifs is 1. The summed E-state index contributed by atoms with van der Waals surface area (Å²) >= 11 is 1.83. The Balaban J connectivity index is 1.89. The second-order valence-electron chi connectivity index (χ2n) is 5.28. The molecule has 0 spiro atoms. The highest BCUT2D eigenvalue weighted by Gasteiger charge is 2.24. The highest BCUT2D eigenvalue weighted by Crippen LogP contribution is 2.32. The Labute approximate surface area is 118 Å². The molecule has 2 heterocycles. The van der Waals surface area contributed by atoms with Crippen molar-refractivity contribution < 1.29 is 0 Å². The number of rotatable bonds is 3. The average molecular weight is 275 g/mol. The third-order valence-corrected chi connectivity index (χ3v) is 5.05. The molecule has 1 aromatic carbocycles. The monoisotopic (exact) mass is 275 g/mol. The molecular formula is C15H21N3S. The topological polar surface area (TPSA) is 32.5 Å². The average Bonchev–Trinajstić information content (AvgIpc) is 2.86. The second-order valence-corrected chi connectivity index (χ2v) is 6.19. The number of thiophene rings is 1. The van der Waals surface area contributed by atoms with Crippen molar-refractivity contribution in [1.29, 1.82) is 0 Å². The highest BCUT2D eigenvalue weighted by atomic mass is 32.1. The molecule has 1 atom stereocenters. The van der Waals surface area contributed by atoms with Crippen LogP contribution in [0.2, 0.25) is 0 Å². The molecule has 1 fully saturated rings. The summed E-state index contributed by atoms with van der Waals surface area (Å²) in [6, 6.07) is 9.01. The zero-order valence-electron chi connectivity index (χ0n) is 11.4. The van der Waals surface area contributed by atoms with Gasteiger partial charge in [-0.2, -0.15) is 0 Å². The largest absolute Gasteiger partial charge is 0.329 e. The lowest BCUT2D eigenvalue weighted by molar-refractivity contribution is 0.115. The third kappa shape index (κ3) is 2.54. The van der Waals surface area contributed by atoms with Crippen molar-refractivity contribution in [2.24, 2.45) is 5.73 Å². The van der Waals surface area contributed by atoms with Crippen LogP contribution in [0.15, 0.2) is 29.6 Å². The summed E-state index contributed by atoms with van der Waals surface area (Å²) < 4.78 is 1.37. The van der Waals surface area contributed by atoms with Gasteiger partial charge in [-0.3, -0.25) is 4.90 Å². The van der Waals surface area contributed by atoms with Crippen LogP contribution in [0.5, 0.6) is 0 Å². The number of hydrogen-bond donors (Lipinski definition) is 1. The zero-order valence-corrected chi connectivity index (χ0v) is 12.2. The van der Waals surface area contributed by atoms with Gasteiger partial charge in [-0.15, -0.1) is 11.3 Å². The Bertz CT molecular complexity index is 543. The van der Waals surface area contributed by atoms with E-state index in [2.05, 4.69) is 46.5 Å². The first kappa shape index (κ1) is 13.1. The Hall–Kier alpha value is -0.940. The Morgan fingerprint density at radius 1 is 1.21 bits per heavy atom. The predicted molar refractivity (Wildman–Crippen MR) is 82.7 cm³/mol. The smallest absolute Gasteiger partial charge is 0.0485 e. The predicted octanol–water partition coefficient (Wildman–Crippen LogP) is 2.15. The van der Waals surface area contributed by atoms with E-state index in [1.54, 1.807) is 0 Å². The molecule has 0 radical (unpaired) electrons. The van der Waals surface area contributed by atoms with Gasteiger partial charge in [0.05, 0.1) is 0 Å². The van der Waals surface area contributed by atoms with E-state index in [1.165, 1.54) is 15.6 Å². The van der Waals surface area contributed by atoms with Crippen LogP contribution in [-0.4, -0.2) is 49.6 Å². The second kappa shape index (κ2) is 5.59. The van der Waals surface area contributed by atoms with Crippen LogP contribution in [0.4, 0.5) is 0 Å². The molecule has 4 heteroatoms. The van der Waals surface area contributed by atoms with Crippen LogP contribution in [0, 0.1) is 0 Å². The molecule has 1 aliphatic heterocycles. The fourth-order valence-electron chi connectivity index (χ4n) is 2.86.